The molecule has 14 heavy (non-hydrogen) atoms. The molecule has 0 aromatic heterocycles. The third-order valence-electron chi connectivity index (χ3n) is 2.05. The van der Waals surface area contributed by atoms with Gasteiger partial charge in [0.05, 0.1) is 0 Å². The lowest BCUT2D eigenvalue weighted by atomic mass is 10.1. The Morgan fingerprint density at radius 1 is 1.50 bits per heavy atom. The van der Waals surface area contributed by atoms with Gasteiger partial charge in [-0.25, -0.2) is 0 Å². The third kappa shape index (κ3) is 1.95. The van der Waals surface area contributed by atoms with Gasteiger partial charge in [0.25, 0.3) is 0 Å². The van der Waals surface area contributed by atoms with Gasteiger partial charge >= 0.3 is 0 Å². The molecular formula is C11H16O3. The summed E-state index contributed by atoms with van der Waals surface area (Å²) in [4.78, 5) is 0. The van der Waals surface area contributed by atoms with Crippen molar-refractivity contribution >= 4 is 0 Å². The third-order valence-corrected chi connectivity index (χ3v) is 2.05. The zero-order valence-electron chi connectivity index (χ0n) is 8.35. The van der Waals surface area contributed by atoms with E-state index in [9.17, 15) is 5.11 Å². The van der Waals surface area contributed by atoms with Gasteiger partial charge in [0.1, 0.15) is 18.3 Å². The standard InChI is InChI=1S/C6H6O3.C3H6.C2H4/c7-6-2-1-3-4(8-3)5(6)9-6;1-3-2;1-2/h1-5,7H;3H,1H2,2H3;1-2H2. The Morgan fingerprint density at radius 2 is 2.07 bits per heavy atom. The highest BCUT2D eigenvalue weighted by Gasteiger charge is 2.68. The summed E-state index contributed by atoms with van der Waals surface area (Å²) in [6, 6.07) is 0. The molecule has 3 rings (SSSR count). The van der Waals surface area contributed by atoms with E-state index in [2.05, 4.69) is 19.7 Å². The van der Waals surface area contributed by atoms with Crippen molar-refractivity contribution in [3.8, 4) is 0 Å². The number of allylic oxidation sites excluding steroid dienone is 1. The summed E-state index contributed by atoms with van der Waals surface area (Å²) in [5.41, 5.74) is 0. The average Bonchev–Trinajstić information content (AvgIpc) is 3.00. The molecule has 78 valence electrons. The van der Waals surface area contributed by atoms with Gasteiger partial charge in [-0.3, -0.25) is 0 Å². The van der Waals surface area contributed by atoms with E-state index in [0.29, 0.717) is 0 Å². The van der Waals surface area contributed by atoms with Crippen LogP contribution in [0.4, 0.5) is 0 Å². The number of rotatable bonds is 0. The monoisotopic (exact) mass is 196 g/mol. The molecule has 0 aromatic rings. The Morgan fingerprint density at radius 3 is 2.57 bits per heavy atom. The number of aliphatic hydroxyl groups is 1. The first-order valence-electron chi connectivity index (χ1n) is 4.53. The Hall–Kier alpha value is -0.900. The summed E-state index contributed by atoms with van der Waals surface area (Å²) >= 11 is 0. The SMILES string of the molecule is C=C.C=CC.OC12C=CC3OC3C1O2. The Balaban J connectivity index is 0.000000173. The molecule has 4 atom stereocenters. The van der Waals surface area contributed by atoms with E-state index in [1.807, 2.05) is 13.0 Å². The smallest absolute Gasteiger partial charge is 0.215 e. The van der Waals surface area contributed by atoms with Crippen LogP contribution in [-0.2, 0) is 9.47 Å². The van der Waals surface area contributed by atoms with Crippen LogP contribution in [0.15, 0.2) is 38.0 Å². The largest absolute Gasteiger partial charge is 0.362 e. The second-order valence-electron chi connectivity index (χ2n) is 3.12. The first-order valence-corrected chi connectivity index (χ1v) is 4.53. The second-order valence-corrected chi connectivity index (χ2v) is 3.12. The van der Waals surface area contributed by atoms with Crippen LogP contribution in [0.1, 0.15) is 6.92 Å². The van der Waals surface area contributed by atoms with Gasteiger partial charge in [-0.2, -0.15) is 0 Å². The van der Waals surface area contributed by atoms with Crippen molar-refractivity contribution in [1.82, 2.24) is 0 Å². The molecule has 3 aliphatic rings. The van der Waals surface area contributed by atoms with E-state index in [4.69, 9.17) is 9.47 Å². The van der Waals surface area contributed by atoms with Crippen molar-refractivity contribution in [2.75, 3.05) is 0 Å². The lowest BCUT2D eigenvalue weighted by Crippen LogP contribution is -2.19. The minimum absolute atomic E-state index is 0.0625. The first-order chi connectivity index (χ1) is 6.71. The van der Waals surface area contributed by atoms with Gasteiger partial charge in [-0.1, -0.05) is 12.2 Å². The summed E-state index contributed by atoms with van der Waals surface area (Å²) in [6.45, 7) is 11.2. The number of epoxide rings is 2. The predicted molar refractivity (Wildman–Crippen MR) is 54.7 cm³/mol. The molecule has 3 nitrogen and oxygen atoms in total. The van der Waals surface area contributed by atoms with E-state index >= 15 is 0 Å². The van der Waals surface area contributed by atoms with Gasteiger partial charge < -0.3 is 14.6 Å². The fraction of sp³-hybridized carbons (Fsp3) is 0.455. The second kappa shape index (κ2) is 4.09. The highest BCUT2D eigenvalue weighted by Crippen LogP contribution is 2.49. The maximum Gasteiger partial charge on any atom is 0.215 e. The summed E-state index contributed by atoms with van der Waals surface area (Å²) in [5, 5.41) is 9.26. The number of ether oxygens (including phenoxy) is 2. The fourth-order valence-corrected chi connectivity index (χ4v) is 1.37. The highest BCUT2D eigenvalue weighted by molar-refractivity contribution is 5.26. The van der Waals surface area contributed by atoms with Crippen LogP contribution in [-0.4, -0.2) is 29.2 Å². The summed E-state index contributed by atoms with van der Waals surface area (Å²) in [6.07, 6.45) is 5.60. The molecule has 0 amide bonds. The van der Waals surface area contributed by atoms with Gasteiger partial charge in [0, 0.05) is 0 Å². The van der Waals surface area contributed by atoms with E-state index in [-0.39, 0.29) is 18.3 Å². The van der Waals surface area contributed by atoms with E-state index < -0.39 is 5.79 Å². The van der Waals surface area contributed by atoms with Crippen molar-refractivity contribution in [2.24, 2.45) is 0 Å². The van der Waals surface area contributed by atoms with Crippen molar-refractivity contribution in [2.45, 2.75) is 31.0 Å². The van der Waals surface area contributed by atoms with Gasteiger partial charge in [-0.05, 0) is 13.0 Å². The fourth-order valence-electron chi connectivity index (χ4n) is 1.37. The minimum Gasteiger partial charge on any atom is -0.362 e. The molecule has 0 bridgehead atoms. The molecule has 1 aliphatic carbocycles. The summed E-state index contributed by atoms with van der Waals surface area (Å²) in [5.74, 6) is -0.947. The Kier molecular flexibility index (Phi) is 3.26. The summed E-state index contributed by atoms with van der Waals surface area (Å²) < 4.78 is 10.1. The zero-order chi connectivity index (χ0) is 10.8. The molecule has 0 radical (unpaired) electrons. The molecule has 2 fully saturated rings. The molecule has 3 heteroatoms. The molecule has 0 saturated carbocycles. The number of fused-ring (bicyclic) bond motifs is 3. The van der Waals surface area contributed by atoms with Crippen molar-refractivity contribution in [3.05, 3.63) is 38.0 Å². The van der Waals surface area contributed by atoms with E-state index in [1.165, 1.54) is 0 Å². The minimum atomic E-state index is -0.947. The molecule has 2 aliphatic heterocycles. The molecule has 2 heterocycles. The van der Waals surface area contributed by atoms with Crippen LogP contribution >= 0.6 is 0 Å². The van der Waals surface area contributed by atoms with Crippen molar-refractivity contribution in [1.29, 1.82) is 0 Å². The van der Waals surface area contributed by atoms with Gasteiger partial charge in [0.2, 0.25) is 5.79 Å². The van der Waals surface area contributed by atoms with Crippen LogP contribution < -0.4 is 0 Å². The van der Waals surface area contributed by atoms with Gasteiger partial charge in [-0.15, -0.1) is 19.7 Å². The first kappa shape index (κ1) is 11.2. The lowest BCUT2D eigenvalue weighted by molar-refractivity contribution is 0.0821. The highest BCUT2D eigenvalue weighted by atomic mass is 16.8. The molecule has 0 spiro atoms. The average molecular weight is 196 g/mol. The normalized spacial score (nSPS) is 44.0. The molecule has 1 N–H and O–H groups in total. The van der Waals surface area contributed by atoms with Crippen LogP contribution in [0.2, 0.25) is 0 Å². The lowest BCUT2D eigenvalue weighted by Gasteiger charge is -1.97. The predicted octanol–water partition coefficient (Wildman–Crippen LogP) is 1.41. The zero-order valence-corrected chi connectivity index (χ0v) is 8.35. The topological polar surface area (TPSA) is 45.3 Å². The van der Waals surface area contributed by atoms with Crippen molar-refractivity contribution < 1.29 is 14.6 Å². The number of hydrogen-bond donors (Lipinski definition) is 1. The van der Waals surface area contributed by atoms with Crippen molar-refractivity contribution in [3.63, 3.8) is 0 Å². The van der Waals surface area contributed by atoms with Crippen LogP contribution in [0, 0.1) is 0 Å². The van der Waals surface area contributed by atoms with Crippen LogP contribution in [0.3, 0.4) is 0 Å². The Bertz CT molecular complexity index is 249. The van der Waals surface area contributed by atoms with Crippen LogP contribution in [0.5, 0.6) is 0 Å². The quantitative estimate of drug-likeness (QED) is 0.470. The maximum absolute atomic E-state index is 9.26. The maximum atomic E-state index is 9.26. The Labute approximate surface area is 84.3 Å². The molecule has 2 saturated heterocycles. The molecular weight excluding hydrogens is 180 g/mol. The van der Waals surface area contributed by atoms with E-state index in [1.54, 1.807) is 12.2 Å². The number of hydrogen-bond acceptors (Lipinski definition) is 3. The summed E-state index contributed by atoms with van der Waals surface area (Å²) in [7, 11) is 0. The van der Waals surface area contributed by atoms with E-state index in [0.717, 1.165) is 0 Å². The molecule has 0 aromatic carbocycles. The van der Waals surface area contributed by atoms with Gasteiger partial charge in [0.15, 0.2) is 0 Å². The van der Waals surface area contributed by atoms with Crippen LogP contribution in [0.25, 0.3) is 0 Å². The molecule has 4 unspecified atom stereocenters.